The summed E-state index contributed by atoms with van der Waals surface area (Å²) in [4.78, 5) is 9.04. The van der Waals surface area contributed by atoms with Gasteiger partial charge in [-0.15, -0.1) is 0 Å². The normalized spacial score (nSPS) is 14.2. The van der Waals surface area contributed by atoms with Crippen molar-refractivity contribution in [1.82, 2.24) is 9.97 Å². The molecule has 0 aromatic carbocycles. The average Bonchev–Trinajstić information content (AvgIpc) is 2.50. The van der Waals surface area contributed by atoms with Crippen LogP contribution in [0.4, 0.5) is 0 Å². The summed E-state index contributed by atoms with van der Waals surface area (Å²) in [6.07, 6.45) is 1.10. The SMILES string of the molecule is CCCS[P@@](=S)(OCC)OCc1cc(OC(C)C)nc(C(C)C)n1. The summed E-state index contributed by atoms with van der Waals surface area (Å²) >= 11 is 7.21. The fourth-order valence-corrected chi connectivity index (χ4v) is 6.27. The van der Waals surface area contributed by atoms with E-state index >= 15 is 0 Å². The predicted molar refractivity (Wildman–Crippen MR) is 105 cm³/mol. The van der Waals surface area contributed by atoms with Gasteiger partial charge in [0, 0.05) is 17.7 Å². The number of nitrogens with zero attached hydrogens (tertiary/aromatic N) is 2. The van der Waals surface area contributed by atoms with Gasteiger partial charge >= 0.3 is 0 Å². The second-order valence-electron chi connectivity index (χ2n) is 5.85. The van der Waals surface area contributed by atoms with Crippen LogP contribution in [-0.2, 0) is 27.5 Å². The predicted octanol–water partition coefficient (Wildman–Crippen LogP) is 5.31. The summed E-state index contributed by atoms with van der Waals surface area (Å²) in [7, 11) is 0. The third-order valence-electron chi connectivity index (χ3n) is 2.76. The fourth-order valence-electron chi connectivity index (χ4n) is 1.74. The minimum Gasteiger partial charge on any atom is -0.475 e. The van der Waals surface area contributed by atoms with Crippen LogP contribution in [0.3, 0.4) is 0 Å². The van der Waals surface area contributed by atoms with Crippen LogP contribution in [0.5, 0.6) is 5.88 Å². The molecule has 0 aliphatic heterocycles. The van der Waals surface area contributed by atoms with E-state index in [1.807, 2.05) is 26.8 Å². The van der Waals surface area contributed by atoms with E-state index in [9.17, 15) is 0 Å². The van der Waals surface area contributed by atoms with E-state index in [-0.39, 0.29) is 12.0 Å². The molecule has 138 valence electrons. The molecular weight excluding hydrogens is 363 g/mol. The van der Waals surface area contributed by atoms with E-state index in [1.165, 1.54) is 0 Å². The first-order valence-electron chi connectivity index (χ1n) is 8.37. The van der Waals surface area contributed by atoms with Gasteiger partial charge < -0.3 is 13.8 Å². The van der Waals surface area contributed by atoms with Gasteiger partial charge in [-0.2, -0.15) is 4.98 Å². The van der Waals surface area contributed by atoms with Gasteiger partial charge in [-0.3, -0.25) is 0 Å². The summed E-state index contributed by atoms with van der Waals surface area (Å²) in [5, 5.41) is 0. The Morgan fingerprint density at radius 1 is 1.17 bits per heavy atom. The molecule has 0 radical (unpaired) electrons. The number of rotatable bonds is 11. The van der Waals surface area contributed by atoms with Crippen molar-refractivity contribution in [2.24, 2.45) is 0 Å². The summed E-state index contributed by atoms with van der Waals surface area (Å²) in [5.41, 5.74) is -1.56. The maximum atomic E-state index is 5.97. The molecule has 1 aromatic rings. The molecule has 0 N–H and O–H groups in total. The lowest BCUT2D eigenvalue weighted by Crippen LogP contribution is -2.11. The second kappa shape index (κ2) is 10.7. The zero-order chi connectivity index (χ0) is 18.2. The molecule has 0 unspecified atom stereocenters. The van der Waals surface area contributed by atoms with Gasteiger partial charge in [0.05, 0.1) is 25.0 Å². The van der Waals surface area contributed by atoms with Crippen LogP contribution in [0, 0.1) is 0 Å². The maximum absolute atomic E-state index is 5.97. The van der Waals surface area contributed by atoms with Crippen molar-refractivity contribution in [2.75, 3.05) is 12.4 Å². The van der Waals surface area contributed by atoms with Crippen molar-refractivity contribution < 1.29 is 13.8 Å². The summed E-state index contributed by atoms with van der Waals surface area (Å²) in [5.74, 6) is 2.47. The van der Waals surface area contributed by atoms with Gasteiger partial charge in [0.2, 0.25) is 11.6 Å². The highest BCUT2D eigenvalue weighted by Gasteiger charge is 2.20. The maximum Gasteiger partial charge on any atom is 0.247 e. The van der Waals surface area contributed by atoms with Gasteiger partial charge in [-0.1, -0.05) is 32.2 Å². The van der Waals surface area contributed by atoms with Crippen molar-refractivity contribution in [3.05, 3.63) is 17.6 Å². The molecule has 0 saturated heterocycles. The second-order valence-corrected chi connectivity index (χ2v) is 12.3. The molecule has 0 fully saturated rings. The van der Waals surface area contributed by atoms with E-state index in [4.69, 9.17) is 25.6 Å². The Hall–Kier alpha value is -0.200. The summed E-state index contributed by atoms with van der Waals surface area (Å²) < 4.78 is 17.4. The minimum absolute atomic E-state index is 0.0581. The van der Waals surface area contributed by atoms with Crippen molar-refractivity contribution in [2.45, 2.75) is 66.6 Å². The van der Waals surface area contributed by atoms with Gasteiger partial charge in [0.1, 0.15) is 5.82 Å². The van der Waals surface area contributed by atoms with Gasteiger partial charge in [0.15, 0.2) is 0 Å². The van der Waals surface area contributed by atoms with Gasteiger partial charge in [0.25, 0.3) is 0 Å². The third-order valence-corrected chi connectivity index (χ3v) is 8.39. The first-order chi connectivity index (χ1) is 11.3. The molecule has 24 heavy (non-hydrogen) atoms. The Morgan fingerprint density at radius 2 is 1.88 bits per heavy atom. The van der Waals surface area contributed by atoms with Crippen LogP contribution in [0.15, 0.2) is 6.07 Å². The molecule has 1 atom stereocenters. The Labute approximate surface area is 155 Å². The summed E-state index contributed by atoms with van der Waals surface area (Å²) in [6, 6.07) is 1.82. The fraction of sp³-hybridized carbons (Fsp3) is 0.750. The molecule has 1 rings (SSSR count). The quantitative estimate of drug-likeness (QED) is 0.473. The number of ether oxygens (including phenoxy) is 1. The lowest BCUT2D eigenvalue weighted by Gasteiger charge is -2.21. The lowest BCUT2D eigenvalue weighted by molar-refractivity contribution is 0.228. The number of aromatic nitrogens is 2. The van der Waals surface area contributed by atoms with Crippen molar-refractivity contribution in [3.63, 3.8) is 0 Å². The lowest BCUT2D eigenvalue weighted by atomic mass is 10.2. The van der Waals surface area contributed by atoms with Crippen LogP contribution < -0.4 is 4.74 Å². The van der Waals surface area contributed by atoms with Gasteiger partial charge in [-0.25, -0.2) is 4.98 Å². The smallest absolute Gasteiger partial charge is 0.247 e. The first kappa shape index (κ1) is 21.8. The van der Waals surface area contributed by atoms with Crippen molar-refractivity contribution >= 4 is 28.9 Å². The molecule has 1 aromatic heterocycles. The Bertz CT molecular complexity index is 556. The zero-order valence-corrected chi connectivity index (χ0v) is 18.0. The Balaban J connectivity index is 2.91. The molecule has 1 heterocycles. The van der Waals surface area contributed by atoms with Crippen LogP contribution in [0.2, 0.25) is 0 Å². The average molecular weight is 393 g/mol. The molecule has 0 saturated carbocycles. The van der Waals surface area contributed by atoms with E-state index in [1.54, 1.807) is 11.4 Å². The van der Waals surface area contributed by atoms with Crippen LogP contribution >= 0.6 is 17.1 Å². The summed E-state index contributed by atoms with van der Waals surface area (Å²) in [6.45, 7) is 13.0. The molecule has 0 spiro atoms. The largest absolute Gasteiger partial charge is 0.475 e. The number of hydrogen-bond acceptors (Lipinski definition) is 7. The molecular formula is C16H29N2O3PS2. The zero-order valence-electron chi connectivity index (χ0n) is 15.4. The van der Waals surface area contributed by atoms with E-state index in [0.717, 1.165) is 23.7 Å². The third kappa shape index (κ3) is 7.79. The van der Waals surface area contributed by atoms with E-state index in [2.05, 4.69) is 30.7 Å². The molecule has 0 aliphatic carbocycles. The number of hydrogen-bond donors (Lipinski definition) is 0. The molecule has 8 heteroatoms. The highest BCUT2D eigenvalue weighted by atomic mass is 32.9. The topological polar surface area (TPSA) is 53.5 Å². The van der Waals surface area contributed by atoms with E-state index < -0.39 is 5.69 Å². The van der Waals surface area contributed by atoms with Crippen molar-refractivity contribution in [3.8, 4) is 5.88 Å². The molecule has 0 bridgehead atoms. The van der Waals surface area contributed by atoms with Gasteiger partial charge in [-0.05, 0) is 39.0 Å². The van der Waals surface area contributed by atoms with Crippen LogP contribution in [-0.4, -0.2) is 28.4 Å². The van der Waals surface area contributed by atoms with Crippen molar-refractivity contribution in [1.29, 1.82) is 0 Å². The molecule has 0 aliphatic rings. The highest BCUT2D eigenvalue weighted by molar-refractivity contribution is 8.67. The monoisotopic (exact) mass is 392 g/mol. The van der Waals surface area contributed by atoms with E-state index in [0.29, 0.717) is 19.1 Å². The Kier molecular flexibility index (Phi) is 9.75. The minimum atomic E-state index is -2.33. The highest BCUT2D eigenvalue weighted by Crippen LogP contribution is 2.61. The molecule has 5 nitrogen and oxygen atoms in total. The first-order valence-corrected chi connectivity index (χ1v) is 12.6. The Morgan fingerprint density at radius 3 is 2.42 bits per heavy atom. The molecule has 0 amide bonds. The standard InChI is InChI=1S/C16H29N2O3PS2/c1-7-9-24-22(23,19-8-2)20-11-14-10-15(21-13(5)6)18-16(17-14)12(3)4/h10,12-13H,7-9,11H2,1-6H3/t22-/m0/s1. The van der Waals surface area contributed by atoms with Crippen LogP contribution in [0.1, 0.15) is 65.4 Å². The van der Waals surface area contributed by atoms with Crippen LogP contribution in [0.25, 0.3) is 0 Å².